The fourth-order valence-electron chi connectivity index (χ4n) is 5.01. The minimum Gasteiger partial charge on any atom is -0.207 e. The molecule has 0 saturated heterocycles. The van der Waals surface area contributed by atoms with E-state index in [0.717, 1.165) is 11.5 Å². The molecule has 2 heteroatoms. The molecule has 0 amide bonds. The molecule has 0 unspecified atom stereocenters. The second kappa shape index (κ2) is 8.35. The minimum absolute atomic E-state index is 0.0839. The van der Waals surface area contributed by atoms with Gasteiger partial charge in [-0.1, -0.05) is 31.2 Å². The molecule has 2 aliphatic carbocycles. The van der Waals surface area contributed by atoms with Crippen LogP contribution in [0.4, 0.5) is 8.78 Å². The van der Waals surface area contributed by atoms with Crippen LogP contribution in [0.1, 0.15) is 75.3 Å². The Kier molecular flexibility index (Phi) is 5.85. The first-order chi connectivity index (χ1) is 13.5. The van der Waals surface area contributed by atoms with Crippen LogP contribution in [0.5, 0.6) is 0 Å². The maximum Gasteiger partial charge on any atom is 0.129 e. The van der Waals surface area contributed by atoms with E-state index in [9.17, 15) is 8.78 Å². The molecule has 0 nitrogen and oxygen atoms in total. The first-order valence-electron chi connectivity index (χ1n) is 10.7. The topological polar surface area (TPSA) is 0 Å². The number of halogens is 2. The minimum atomic E-state index is -0.482. The SMILES string of the molecule is C[C]1CCC([C]2CCC(c3ccc(-c4cc(F)c(C)c(F)c4)cc3)CC2)CC1. The molecule has 2 aliphatic rings. The number of hydrogen-bond donors (Lipinski definition) is 0. The van der Waals surface area contributed by atoms with Gasteiger partial charge in [0.15, 0.2) is 0 Å². The van der Waals surface area contributed by atoms with Crippen LogP contribution in [-0.4, -0.2) is 0 Å². The van der Waals surface area contributed by atoms with Crippen LogP contribution in [0.25, 0.3) is 11.1 Å². The molecule has 0 spiro atoms. The van der Waals surface area contributed by atoms with E-state index in [4.69, 9.17) is 0 Å². The van der Waals surface area contributed by atoms with Crippen molar-refractivity contribution in [1.29, 1.82) is 0 Å². The molecule has 2 radical (unpaired) electrons. The third-order valence-corrected chi connectivity index (χ3v) is 7.04. The van der Waals surface area contributed by atoms with Crippen LogP contribution in [0.2, 0.25) is 0 Å². The van der Waals surface area contributed by atoms with Gasteiger partial charge in [0.1, 0.15) is 11.6 Å². The molecule has 0 bridgehead atoms. The first-order valence-corrected chi connectivity index (χ1v) is 10.7. The molecule has 2 saturated carbocycles. The summed E-state index contributed by atoms with van der Waals surface area (Å²) in [6.45, 7) is 3.78. The van der Waals surface area contributed by atoms with Crippen molar-refractivity contribution in [1.82, 2.24) is 0 Å². The van der Waals surface area contributed by atoms with Gasteiger partial charge in [0.05, 0.1) is 0 Å². The fourth-order valence-corrected chi connectivity index (χ4v) is 5.01. The van der Waals surface area contributed by atoms with E-state index < -0.39 is 11.6 Å². The van der Waals surface area contributed by atoms with Crippen molar-refractivity contribution in [2.45, 2.75) is 71.1 Å². The summed E-state index contributed by atoms with van der Waals surface area (Å²) >= 11 is 0. The summed E-state index contributed by atoms with van der Waals surface area (Å²) < 4.78 is 27.7. The quantitative estimate of drug-likeness (QED) is 0.507. The highest BCUT2D eigenvalue weighted by Crippen LogP contribution is 2.45. The zero-order valence-corrected chi connectivity index (χ0v) is 17.0. The van der Waals surface area contributed by atoms with Gasteiger partial charge in [-0.15, -0.1) is 0 Å². The van der Waals surface area contributed by atoms with Gasteiger partial charge in [0.25, 0.3) is 0 Å². The smallest absolute Gasteiger partial charge is 0.129 e. The molecule has 0 aliphatic heterocycles. The van der Waals surface area contributed by atoms with Crippen molar-refractivity contribution in [3.63, 3.8) is 0 Å². The van der Waals surface area contributed by atoms with Crippen LogP contribution in [0, 0.1) is 36.3 Å². The van der Waals surface area contributed by atoms with E-state index in [-0.39, 0.29) is 5.56 Å². The van der Waals surface area contributed by atoms with Crippen molar-refractivity contribution in [3.8, 4) is 11.1 Å². The molecule has 0 N–H and O–H groups in total. The lowest BCUT2D eigenvalue weighted by molar-refractivity contribution is 0.324. The summed E-state index contributed by atoms with van der Waals surface area (Å²) in [6.07, 6.45) is 10.4. The number of rotatable bonds is 3. The summed E-state index contributed by atoms with van der Waals surface area (Å²) in [7, 11) is 0. The van der Waals surface area contributed by atoms with E-state index in [1.165, 1.54) is 76.0 Å². The fraction of sp³-hybridized carbons (Fsp3) is 0.462. The molecule has 2 aromatic rings. The molecule has 0 heterocycles. The van der Waals surface area contributed by atoms with E-state index in [1.54, 1.807) is 5.92 Å². The third-order valence-electron chi connectivity index (χ3n) is 7.04. The number of benzene rings is 2. The molecule has 0 atom stereocenters. The average molecular weight is 381 g/mol. The highest BCUT2D eigenvalue weighted by molar-refractivity contribution is 5.64. The highest BCUT2D eigenvalue weighted by atomic mass is 19.1. The van der Waals surface area contributed by atoms with Crippen LogP contribution in [0.15, 0.2) is 36.4 Å². The zero-order valence-electron chi connectivity index (χ0n) is 17.0. The Hall–Kier alpha value is -1.70. The van der Waals surface area contributed by atoms with Gasteiger partial charge in [-0.2, -0.15) is 0 Å². The van der Waals surface area contributed by atoms with Gasteiger partial charge in [0.2, 0.25) is 0 Å². The summed E-state index contributed by atoms with van der Waals surface area (Å²) in [5.74, 6) is 4.00. The normalized spacial score (nSPS) is 20.6. The molecule has 2 aromatic carbocycles. The number of hydrogen-bond acceptors (Lipinski definition) is 0. The van der Waals surface area contributed by atoms with Gasteiger partial charge in [0, 0.05) is 5.56 Å². The molecule has 148 valence electrons. The Bertz CT molecular complexity index is 769. The predicted molar refractivity (Wildman–Crippen MR) is 112 cm³/mol. The van der Waals surface area contributed by atoms with E-state index in [0.29, 0.717) is 11.5 Å². The van der Waals surface area contributed by atoms with Crippen molar-refractivity contribution in [2.24, 2.45) is 5.92 Å². The van der Waals surface area contributed by atoms with Gasteiger partial charge >= 0.3 is 0 Å². The summed E-state index contributed by atoms with van der Waals surface area (Å²) in [6, 6.07) is 11.2. The second-order valence-electron chi connectivity index (χ2n) is 8.85. The van der Waals surface area contributed by atoms with Gasteiger partial charge < -0.3 is 0 Å². The maximum atomic E-state index is 13.9. The highest BCUT2D eigenvalue weighted by Gasteiger charge is 2.30. The van der Waals surface area contributed by atoms with Crippen LogP contribution >= 0.6 is 0 Å². The van der Waals surface area contributed by atoms with E-state index in [2.05, 4.69) is 19.1 Å². The monoisotopic (exact) mass is 380 g/mol. The molecule has 28 heavy (non-hydrogen) atoms. The van der Waals surface area contributed by atoms with Crippen molar-refractivity contribution in [2.75, 3.05) is 0 Å². The summed E-state index contributed by atoms with van der Waals surface area (Å²) in [4.78, 5) is 0. The van der Waals surface area contributed by atoms with Crippen LogP contribution in [0.3, 0.4) is 0 Å². The largest absolute Gasteiger partial charge is 0.207 e. The third kappa shape index (κ3) is 4.16. The van der Waals surface area contributed by atoms with Gasteiger partial charge in [-0.25, -0.2) is 8.78 Å². The van der Waals surface area contributed by atoms with E-state index in [1.807, 2.05) is 18.1 Å². The lowest BCUT2D eigenvalue weighted by Gasteiger charge is -2.37. The maximum absolute atomic E-state index is 13.9. The van der Waals surface area contributed by atoms with E-state index >= 15 is 0 Å². The Morgan fingerprint density at radius 1 is 0.679 bits per heavy atom. The first kappa shape index (κ1) is 19.6. The van der Waals surface area contributed by atoms with Crippen molar-refractivity contribution >= 4 is 0 Å². The van der Waals surface area contributed by atoms with Crippen LogP contribution in [-0.2, 0) is 0 Å². The zero-order chi connectivity index (χ0) is 19.7. The second-order valence-corrected chi connectivity index (χ2v) is 8.85. The lowest BCUT2D eigenvalue weighted by Crippen LogP contribution is -2.22. The van der Waals surface area contributed by atoms with Gasteiger partial charge in [-0.3, -0.25) is 0 Å². The molecule has 2 fully saturated rings. The Morgan fingerprint density at radius 2 is 1.21 bits per heavy atom. The Labute approximate surface area is 168 Å². The van der Waals surface area contributed by atoms with Crippen LogP contribution < -0.4 is 0 Å². The van der Waals surface area contributed by atoms with Gasteiger partial charge in [-0.05, 0) is 111 Å². The molecular weight excluding hydrogens is 350 g/mol. The van der Waals surface area contributed by atoms with Crippen molar-refractivity contribution in [3.05, 3.63) is 71.0 Å². The molecule has 0 aromatic heterocycles. The Morgan fingerprint density at radius 3 is 1.79 bits per heavy atom. The lowest BCUT2D eigenvalue weighted by atomic mass is 9.68. The summed E-state index contributed by atoms with van der Waals surface area (Å²) in [5.41, 5.74) is 2.93. The molecule has 4 rings (SSSR count). The Balaban J connectivity index is 1.39. The average Bonchev–Trinajstić information content (AvgIpc) is 2.72. The molecular formula is C26H30F2. The summed E-state index contributed by atoms with van der Waals surface area (Å²) in [5, 5.41) is 0. The predicted octanol–water partition coefficient (Wildman–Crippen LogP) is 7.96. The standard InChI is InChI=1S/C26H30F2/c1-17-3-5-19(6-4-17)20-7-9-21(10-8-20)22-11-13-23(14-12-22)24-15-25(27)18(2)26(28)16-24/h11-16,19,21H,3-10H2,1-2H3. The van der Waals surface area contributed by atoms with Crippen molar-refractivity contribution < 1.29 is 8.78 Å².